The quantitative estimate of drug-likeness (QED) is 0.644. The molecule has 0 spiro atoms. The first-order valence-electron chi connectivity index (χ1n) is 4.98. The molecule has 1 rings (SSSR count). The van der Waals surface area contributed by atoms with Gasteiger partial charge in [-0.25, -0.2) is 0 Å². The Balaban J connectivity index is 2.30. The number of nitrogens with two attached hydrogens (primary N) is 1. The van der Waals surface area contributed by atoms with Gasteiger partial charge >= 0.3 is 0 Å². The summed E-state index contributed by atoms with van der Waals surface area (Å²) in [6, 6.07) is 0. The van der Waals surface area contributed by atoms with Gasteiger partial charge in [-0.15, -0.1) is 12.3 Å². The summed E-state index contributed by atoms with van der Waals surface area (Å²) in [6.07, 6.45) is 7.65. The van der Waals surface area contributed by atoms with Crippen molar-refractivity contribution in [1.82, 2.24) is 4.90 Å². The molecule has 0 unspecified atom stereocenters. The van der Waals surface area contributed by atoms with Crippen LogP contribution >= 0.6 is 0 Å². The molecule has 0 amide bonds. The summed E-state index contributed by atoms with van der Waals surface area (Å²) < 4.78 is 0. The molecule has 1 aliphatic rings. The SMILES string of the molecule is C#CC1CCN(CC(C)(C)N)CC1. The van der Waals surface area contributed by atoms with Crippen LogP contribution in [0.15, 0.2) is 0 Å². The van der Waals surface area contributed by atoms with Crippen molar-refractivity contribution in [3.05, 3.63) is 0 Å². The Bertz CT molecular complexity index is 189. The van der Waals surface area contributed by atoms with Gasteiger partial charge in [-0.05, 0) is 39.8 Å². The predicted octanol–water partition coefficient (Wildman–Crippen LogP) is 1.07. The van der Waals surface area contributed by atoms with E-state index in [-0.39, 0.29) is 5.54 Å². The van der Waals surface area contributed by atoms with E-state index in [9.17, 15) is 0 Å². The van der Waals surface area contributed by atoms with Crippen LogP contribution in [0.4, 0.5) is 0 Å². The fourth-order valence-corrected chi connectivity index (χ4v) is 1.83. The van der Waals surface area contributed by atoms with Crippen LogP contribution in [0.25, 0.3) is 0 Å². The van der Waals surface area contributed by atoms with Gasteiger partial charge in [0.2, 0.25) is 0 Å². The molecule has 0 aliphatic carbocycles. The third-order valence-corrected chi connectivity index (χ3v) is 2.45. The molecule has 1 fully saturated rings. The van der Waals surface area contributed by atoms with Gasteiger partial charge in [0.25, 0.3) is 0 Å². The second-order valence-electron chi connectivity index (χ2n) is 4.71. The highest BCUT2D eigenvalue weighted by Crippen LogP contribution is 2.17. The van der Waals surface area contributed by atoms with E-state index in [0.717, 1.165) is 32.5 Å². The van der Waals surface area contributed by atoms with E-state index in [0.29, 0.717) is 5.92 Å². The first-order valence-corrected chi connectivity index (χ1v) is 4.98. The number of piperidine rings is 1. The van der Waals surface area contributed by atoms with Gasteiger partial charge in [-0.2, -0.15) is 0 Å². The lowest BCUT2D eigenvalue weighted by molar-refractivity contribution is 0.175. The molecule has 13 heavy (non-hydrogen) atoms. The van der Waals surface area contributed by atoms with Crippen LogP contribution in [0.5, 0.6) is 0 Å². The van der Waals surface area contributed by atoms with Crippen molar-refractivity contribution in [2.24, 2.45) is 11.7 Å². The number of terminal acetylenes is 1. The van der Waals surface area contributed by atoms with E-state index in [1.807, 2.05) is 0 Å². The maximum Gasteiger partial charge on any atom is 0.0226 e. The summed E-state index contributed by atoms with van der Waals surface area (Å²) in [7, 11) is 0. The zero-order chi connectivity index (χ0) is 9.90. The Morgan fingerprint density at radius 3 is 2.38 bits per heavy atom. The number of rotatable bonds is 2. The van der Waals surface area contributed by atoms with E-state index in [1.54, 1.807) is 0 Å². The predicted molar refractivity (Wildman–Crippen MR) is 56.3 cm³/mol. The number of nitrogens with zero attached hydrogens (tertiary/aromatic N) is 1. The zero-order valence-corrected chi connectivity index (χ0v) is 8.71. The van der Waals surface area contributed by atoms with E-state index in [4.69, 9.17) is 12.2 Å². The van der Waals surface area contributed by atoms with Gasteiger partial charge in [-0.3, -0.25) is 0 Å². The first kappa shape index (κ1) is 10.6. The Kier molecular flexibility index (Phi) is 3.35. The monoisotopic (exact) mass is 180 g/mol. The van der Waals surface area contributed by atoms with E-state index < -0.39 is 0 Å². The second-order valence-corrected chi connectivity index (χ2v) is 4.71. The lowest BCUT2D eigenvalue weighted by Crippen LogP contribution is -2.47. The number of hydrogen-bond acceptors (Lipinski definition) is 2. The average molecular weight is 180 g/mol. The fourth-order valence-electron chi connectivity index (χ4n) is 1.83. The van der Waals surface area contributed by atoms with Crippen molar-refractivity contribution >= 4 is 0 Å². The molecule has 1 aliphatic heterocycles. The molecule has 0 radical (unpaired) electrons. The highest BCUT2D eigenvalue weighted by molar-refractivity contribution is 4.96. The fraction of sp³-hybridized carbons (Fsp3) is 0.818. The Labute approximate surface area is 81.5 Å². The summed E-state index contributed by atoms with van der Waals surface area (Å²) in [5.74, 6) is 3.33. The van der Waals surface area contributed by atoms with Crippen LogP contribution in [0, 0.1) is 18.3 Å². The molecular formula is C11H20N2. The second kappa shape index (κ2) is 4.13. The Morgan fingerprint density at radius 1 is 1.46 bits per heavy atom. The molecule has 0 bridgehead atoms. The Morgan fingerprint density at radius 2 is 2.00 bits per heavy atom. The summed E-state index contributed by atoms with van der Waals surface area (Å²) in [5.41, 5.74) is 5.87. The number of likely N-dealkylation sites (tertiary alicyclic amines) is 1. The van der Waals surface area contributed by atoms with Gasteiger partial charge in [0.15, 0.2) is 0 Å². The maximum absolute atomic E-state index is 5.95. The molecule has 74 valence electrons. The lowest BCUT2D eigenvalue weighted by Gasteiger charge is -2.34. The molecule has 2 N–H and O–H groups in total. The molecule has 2 heteroatoms. The molecule has 0 atom stereocenters. The molecule has 2 nitrogen and oxygen atoms in total. The maximum atomic E-state index is 5.95. The minimum absolute atomic E-state index is 0.0804. The standard InChI is InChI=1S/C11H20N2/c1-4-10-5-7-13(8-6-10)9-11(2,3)12/h1,10H,5-9,12H2,2-3H3. The highest BCUT2D eigenvalue weighted by Gasteiger charge is 2.21. The topological polar surface area (TPSA) is 29.3 Å². The summed E-state index contributed by atoms with van der Waals surface area (Å²) in [5, 5.41) is 0. The summed E-state index contributed by atoms with van der Waals surface area (Å²) in [6.45, 7) is 7.33. The summed E-state index contributed by atoms with van der Waals surface area (Å²) >= 11 is 0. The Hall–Kier alpha value is -0.520. The largest absolute Gasteiger partial charge is 0.324 e. The van der Waals surface area contributed by atoms with E-state index in [2.05, 4.69) is 24.7 Å². The van der Waals surface area contributed by atoms with E-state index >= 15 is 0 Å². The molecule has 1 saturated heterocycles. The first-order chi connectivity index (χ1) is 6.01. The minimum Gasteiger partial charge on any atom is -0.324 e. The van der Waals surface area contributed by atoms with Crippen LogP contribution in [-0.4, -0.2) is 30.1 Å². The van der Waals surface area contributed by atoms with Gasteiger partial charge in [0.05, 0.1) is 0 Å². The number of hydrogen-bond donors (Lipinski definition) is 1. The minimum atomic E-state index is -0.0804. The molecule has 0 aromatic rings. The van der Waals surface area contributed by atoms with Crippen LogP contribution in [-0.2, 0) is 0 Å². The van der Waals surface area contributed by atoms with Crippen molar-refractivity contribution in [2.45, 2.75) is 32.2 Å². The van der Waals surface area contributed by atoms with Gasteiger partial charge in [-0.1, -0.05) is 0 Å². The van der Waals surface area contributed by atoms with Gasteiger partial charge in [0.1, 0.15) is 0 Å². The molecule has 1 heterocycles. The molecule has 0 saturated carbocycles. The van der Waals surface area contributed by atoms with Crippen molar-refractivity contribution in [1.29, 1.82) is 0 Å². The third kappa shape index (κ3) is 3.80. The van der Waals surface area contributed by atoms with Crippen molar-refractivity contribution in [2.75, 3.05) is 19.6 Å². The highest BCUT2D eigenvalue weighted by atomic mass is 15.1. The van der Waals surface area contributed by atoms with Gasteiger partial charge < -0.3 is 10.6 Å². The van der Waals surface area contributed by atoms with Crippen molar-refractivity contribution in [3.63, 3.8) is 0 Å². The third-order valence-electron chi connectivity index (χ3n) is 2.45. The molecule has 0 aromatic carbocycles. The van der Waals surface area contributed by atoms with Gasteiger partial charge in [0, 0.05) is 18.0 Å². The van der Waals surface area contributed by atoms with Crippen LogP contribution < -0.4 is 5.73 Å². The summed E-state index contributed by atoms with van der Waals surface area (Å²) in [4.78, 5) is 2.41. The average Bonchev–Trinajstić information content (AvgIpc) is 2.03. The lowest BCUT2D eigenvalue weighted by atomic mass is 9.96. The normalized spacial score (nSPS) is 21.4. The van der Waals surface area contributed by atoms with Crippen LogP contribution in [0.3, 0.4) is 0 Å². The van der Waals surface area contributed by atoms with Crippen molar-refractivity contribution < 1.29 is 0 Å². The van der Waals surface area contributed by atoms with Crippen LogP contribution in [0.1, 0.15) is 26.7 Å². The molecular weight excluding hydrogens is 160 g/mol. The van der Waals surface area contributed by atoms with Crippen LogP contribution in [0.2, 0.25) is 0 Å². The van der Waals surface area contributed by atoms with E-state index in [1.165, 1.54) is 0 Å². The van der Waals surface area contributed by atoms with Crippen molar-refractivity contribution in [3.8, 4) is 12.3 Å². The zero-order valence-electron chi connectivity index (χ0n) is 8.71. The smallest absolute Gasteiger partial charge is 0.0226 e. The molecule has 0 aromatic heterocycles.